The van der Waals surface area contributed by atoms with E-state index in [1.807, 2.05) is 54.7 Å². The van der Waals surface area contributed by atoms with Crippen LogP contribution in [0.4, 0.5) is 11.6 Å². The van der Waals surface area contributed by atoms with E-state index >= 15 is 0 Å². The van der Waals surface area contributed by atoms with Crippen LogP contribution >= 0.6 is 0 Å². The molecule has 0 spiro atoms. The van der Waals surface area contributed by atoms with Gasteiger partial charge in [0.15, 0.2) is 0 Å². The van der Waals surface area contributed by atoms with Gasteiger partial charge in [0.1, 0.15) is 12.4 Å². The van der Waals surface area contributed by atoms with E-state index in [0.29, 0.717) is 5.95 Å². The SMILES string of the molecule is c1ccc2nc(Nc3ccc(OCCN4CCCC4)cc3)ncc2c1. The van der Waals surface area contributed by atoms with Crippen molar-refractivity contribution in [1.82, 2.24) is 14.9 Å². The number of hydrogen-bond acceptors (Lipinski definition) is 5. The lowest BCUT2D eigenvalue weighted by atomic mass is 10.2. The van der Waals surface area contributed by atoms with E-state index in [0.717, 1.165) is 35.5 Å². The molecule has 0 radical (unpaired) electrons. The van der Waals surface area contributed by atoms with E-state index in [1.54, 1.807) is 0 Å². The number of benzene rings is 2. The third kappa shape index (κ3) is 4.06. The molecule has 1 N–H and O–H groups in total. The van der Waals surface area contributed by atoms with Gasteiger partial charge >= 0.3 is 0 Å². The molecular weight excluding hydrogens is 312 g/mol. The lowest BCUT2D eigenvalue weighted by molar-refractivity contribution is 0.238. The molecule has 0 atom stereocenters. The highest BCUT2D eigenvalue weighted by Gasteiger charge is 2.10. The van der Waals surface area contributed by atoms with E-state index in [2.05, 4.69) is 20.2 Å². The summed E-state index contributed by atoms with van der Waals surface area (Å²) in [7, 11) is 0. The van der Waals surface area contributed by atoms with Crippen molar-refractivity contribution < 1.29 is 4.74 Å². The molecule has 4 rings (SSSR count). The van der Waals surface area contributed by atoms with Crippen LogP contribution < -0.4 is 10.1 Å². The maximum atomic E-state index is 5.83. The van der Waals surface area contributed by atoms with Crippen molar-refractivity contribution in [3.63, 3.8) is 0 Å². The standard InChI is InChI=1S/C20H22N4O/c1-2-6-19-16(5-1)15-21-20(23-19)22-17-7-9-18(10-8-17)25-14-13-24-11-3-4-12-24/h1-2,5-10,15H,3-4,11-14H2,(H,21,22,23). The Morgan fingerprint density at radius 2 is 1.80 bits per heavy atom. The molecule has 128 valence electrons. The van der Waals surface area contributed by atoms with E-state index in [4.69, 9.17) is 4.74 Å². The highest BCUT2D eigenvalue weighted by Crippen LogP contribution is 2.19. The van der Waals surface area contributed by atoms with E-state index in [-0.39, 0.29) is 0 Å². The summed E-state index contributed by atoms with van der Waals surface area (Å²) in [6, 6.07) is 15.9. The second-order valence-electron chi connectivity index (χ2n) is 6.30. The number of fused-ring (bicyclic) bond motifs is 1. The maximum Gasteiger partial charge on any atom is 0.227 e. The predicted octanol–water partition coefficient (Wildman–Crippen LogP) is 3.85. The Labute approximate surface area is 147 Å². The summed E-state index contributed by atoms with van der Waals surface area (Å²) in [6.45, 7) is 4.15. The van der Waals surface area contributed by atoms with Crippen LogP contribution in [-0.2, 0) is 0 Å². The van der Waals surface area contributed by atoms with Gasteiger partial charge in [0.25, 0.3) is 0 Å². The number of nitrogens with one attached hydrogen (secondary N) is 1. The van der Waals surface area contributed by atoms with E-state index in [1.165, 1.54) is 25.9 Å². The van der Waals surface area contributed by atoms with Crippen molar-refractivity contribution >= 4 is 22.5 Å². The summed E-state index contributed by atoms with van der Waals surface area (Å²) in [5.74, 6) is 1.49. The number of ether oxygens (including phenoxy) is 1. The van der Waals surface area contributed by atoms with Gasteiger partial charge in [-0.2, -0.15) is 0 Å². The van der Waals surface area contributed by atoms with Gasteiger partial charge in [-0.25, -0.2) is 9.97 Å². The Morgan fingerprint density at radius 1 is 1.00 bits per heavy atom. The largest absolute Gasteiger partial charge is 0.492 e. The molecule has 0 amide bonds. The van der Waals surface area contributed by atoms with Crippen LogP contribution in [-0.4, -0.2) is 41.1 Å². The third-order valence-electron chi connectivity index (χ3n) is 4.47. The van der Waals surface area contributed by atoms with Gasteiger partial charge < -0.3 is 10.1 Å². The number of likely N-dealkylation sites (tertiary alicyclic amines) is 1. The molecule has 5 nitrogen and oxygen atoms in total. The minimum absolute atomic E-state index is 0.599. The van der Waals surface area contributed by atoms with Crippen molar-refractivity contribution in [1.29, 1.82) is 0 Å². The fraction of sp³-hybridized carbons (Fsp3) is 0.300. The zero-order valence-corrected chi connectivity index (χ0v) is 14.2. The fourth-order valence-corrected chi connectivity index (χ4v) is 3.09. The quantitative estimate of drug-likeness (QED) is 0.742. The molecule has 3 aromatic rings. The Morgan fingerprint density at radius 3 is 2.64 bits per heavy atom. The van der Waals surface area contributed by atoms with Crippen molar-refractivity contribution in [3.8, 4) is 5.75 Å². The van der Waals surface area contributed by atoms with Crippen LogP contribution in [0.3, 0.4) is 0 Å². The second kappa shape index (κ2) is 7.49. The molecule has 1 fully saturated rings. The Bertz CT molecular complexity index is 828. The van der Waals surface area contributed by atoms with Gasteiger partial charge in [0.05, 0.1) is 5.52 Å². The number of hydrogen-bond donors (Lipinski definition) is 1. The topological polar surface area (TPSA) is 50.3 Å². The molecule has 1 aliphatic rings. The first-order valence-corrected chi connectivity index (χ1v) is 8.81. The average molecular weight is 334 g/mol. The normalized spacial score (nSPS) is 14.7. The van der Waals surface area contributed by atoms with Gasteiger partial charge in [-0.15, -0.1) is 0 Å². The first-order valence-electron chi connectivity index (χ1n) is 8.81. The van der Waals surface area contributed by atoms with Gasteiger partial charge in [-0.05, 0) is 56.3 Å². The minimum Gasteiger partial charge on any atom is -0.492 e. The monoisotopic (exact) mass is 334 g/mol. The maximum absolute atomic E-state index is 5.83. The highest BCUT2D eigenvalue weighted by atomic mass is 16.5. The predicted molar refractivity (Wildman–Crippen MR) is 100 cm³/mol. The van der Waals surface area contributed by atoms with Crippen molar-refractivity contribution in [2.75, 3.05) is 31.6 Å². The molecule has 5 heteroatoms. The van der Waals surface area contributed by atoms with Crippen molar-refractivity contribution in [3.05, 3.63) is 54.7 Å². The molecular formula is C20H22N4O. The van der Waals surface area contributed by atoms with Gasteiger partial charge in [0, 0.05) is 23.8 Å². The molecule has 0 bridgehead atoms. The van der Waals surface area contributed by atoms with E-state index < -0.39 is 0 Å². The smallest absolute Gasteiger partial charge is 0.227 e. The Kier molecular flexibility index (Phi) is 4.74. The van der Waals surface area contributed by atoms with Crippen molar-refractivity contribution in [2.24, 2.45) is 0 Å². The number of anilines is 2. The third-order valence-corrected chi connectivity index (χ3v) is 4.47. The summed E-state index contributed by atoms with van der Waals surface area (Å²) < 4.78 is 5.83. The lowest BCUT2D eigenvalue weighted by Crippen LogP contribution is -2.25. The highest BCUT2D eigenvalue weighted by molar-refractivity contribution is 5.78. The molecule has 0 aliphatic carbocycles. The summed E-state index contributed by atoms with van der Waals surface area (Å²) in [5.41, 5.74) is 1.88. The number of aromatic nitrogens is 2. The molecule has 1 aromatic heterocycles. The first kappa shape index (κ1) is 15.8. The van der Waals surface area contributed by atoms with Crippen LogP contribution in [0.25, 0.3) is 10.9 Å². The summed E-state index contributed by atoms with van der Waals surface area (Å²) in [6.07, 6.45) is 4.47. The summed E-state index contributed by atoms with van der Waals surface area (Å²) in [5, 5.41) is 4.27. The average Bonchev–Trinajstić information content (AvgIpc) is 3.17. The molecule has 0 unspecified atom stereocenters. The van der Waals surface area contributed by atoms with Gasteiger partial charge in [-0.3, -0.25) is 4.90 Å². The number of nitrogens with zero attached hydrogens (tertiary/aromatic N) is 3. The molecule has 2 heterocycles. The molecule has 25 heavy (non-hydrogen) atoms. The van der Waals surface area contributed by atoms with E-state index in [9.17, 15) is 0 Å². The Balaban J connectivity index is 1.34. The minimum atomic E-state index is 0.599. The van der Waals surface area contributed by atoms with Gasteiger partial charge in [-0.1, -0.05) is 18.2 Å². The van der Waals surface area contributed by atoms with Crippen LogP contribution in [0.15, 0.2) is 54.7 Å². The summed E-state index contributed by atoms with van der Waals surface area (Å²) >= 11 is 0. The molecule has 1 saturated heterocycles. The zero-order chi connectivity index (χ0) is 16.9. The number of para-hydroxylation sites is 1. The second-order valence-corrected chi connectivity index (χ2v) is 6.30. The summed E-state index contributed by atoms with van der Waals surface area (Å²) in [4.78, 5) is 11.3. The van der Waals surface area contributed by atoms with Crippen LogP contribution in [0.1, 0.15) is 12.8 Å². The molecule has 2 aromatic carbocycles. The molecule has 0 saturated carbocycles. The van der Waals surface area contributed by atoms with Crippen LogP contribution in [0.2, 0.25) is 0 Å². The molecule has 1 aliphatic heterocycles. The number of rotatable bonds is 6. The zero-order valence-electron chi connectivity index (χ0n) is 14.2. The fourth-order valence-electron chi connectivity index (χ4n) is 3.09. The van der Waals surface area contributed by atoms with Crippen LogP contribution in [0.5, 0.6) is 5.75 Å². The van der Waals surface area contributed by atoms with Gasteiger partial charge in [0.2, 0.25) is 5.95 Å². The van der Waals surface area contributed by atoms with Crippen LogP contribution in [0, 0.1) is 0 Å². The van der Waals surface area contributed by atoms with Crippen molar-refractivity contribution in [2.45, 2.75) is 12.8 Å². The lowest BCUT2D eigenvalue weighted by Gasteiger charge is -2.15. The first-order chi connectivity index (χ1) is 12.4. The Hall–Kier alpha value is -2.66.